The minimum atomic E-state index is -0.879. The molecule has 0 unspecified atom stereocenters. The number of aryl methyl sites for hydroxylation is 4. The number of fused-ring (bicyclic) bond motifs is 3. The molecule has 0 spiro atoms. The third-order valence-electron chi connectivity index (χ3n) is 8.42. The first-order valence-corrected chi connectivity index (χ1v) is 15.8. The molecule has 0 atom stereocenters. The summed E-state index contributed by atoms with van der Waals surface area (Å²) >= 11 is 0. The second-order valence-corrected chi connectivity index (χ2v) is 11.5. The Hall–Kier alpha value is -4.14. The van der Waals surface area contributed by atoms with Gasteiger partial charge in [-0.3, -0.25) is 4.68 Å². The van der Waals surface area contributed by atoms with Crippen molar-refractivity contribution in [1.29, 1.82) is 0 Å². The highest BCUT2D eigenvalue weighted by Gasteiger charge is 2.27. The van der Waals surface area contributed by atoms with Crippen LogP contribution < -0.4 is 10.1 Å². The van der Waals surface area contributed by atoms with Crippen LogP contribution in [-0.2, 0) is 26.6 Å². The number of aromatic carboxylic acids is 1. The molecule has 0 fully saturated rings. The topological polar surface area (TPSA) is 84.5 Å². The summed E-state index contributed by atoms with van der Waals surface area (Å²) in [6, 6.07) is 20.5. The van der Waals surface area contributed by atoms with Gasteiger partial charge in [-0.05, 0) is 69.9 Å². The number of carboxylic acid groups (broad SMARTS) is 1. The maximum absolute atomic E-state index is 12.8. The van der Waals surface area contributed by atoms with Crippen LogP contribution in [0, 0.1) is 6.92 Å². The first kappa shape index (κ1) is 33.7. The van der Waals surface area contributed by atoms with Crippen molar-refractivity contribution in [2.45, 2.75) is 60.5 Å². The van der Waals surface area contributed by atoms with Crippen LogP contribution >= 0.6 is 0 Å². The van der Waals surface area contributed by atoms with Crippen LogP contribution in [-0.4, -0.2) is 63.6 Å². The van der Waals surface area contributed by atoms with Crippen LogP contribution in [0.15, 0.2) is 60.7 Å². The molecule has 2 aromatic heterocycles. The molecule has 0 aliphatic carbocycles. The van der Waals surface area contributed by atoms with Crippen molar-refractivity contribution in [1.82, 2.24) is 24.6 Å². The number of aromatic nitrogens is 3. The smallest absolute Gasteiger partial charge is 0.352 e. The first-order valence-electron chi connectivity index (χ1n) is 15.8. The quantitative estimate of drug-likeness (QED) is 0.179. The summed E-state index contributed by atoms with van der Waals surface area (Å²) < 4.78 is 10.2. The van der Waals surface area contributed by atoms with Crippen molar-refractivity contribution in [3.63, 3.8) is 0 Å². The van der Waals surface area contributed by atoms with E-state index in [4.69, 9.17) is 9.84 Å². The number of nitrogens with one attached hydrogen (secondary N) is 1. The van der Waals surface area contributed by atoms with Gasteiger partial charge in [0.2, 0.25) is 0 Å². The molecule has 6 rings (SSSR count). The van der Waals surface area contributed by atoms with Crippen molar-refractivity contribution in [3.05, 3.63) is 83.3 Å². The molecule has 8 heteroatoms. The van der Waals surface area contributed by atoms with Gasteiger partial charge in [0.05, 0.1) is 23.5 Å². The average molecular weight is 612 g/mol. The summed E-state index contributed by atoms with van der Waals surface area (Å²) in [7, 11) is 4.11. The van der Waals surface area contributed by atoms with Crippen LogP contribution in [0.2, 0.25) is 0 Å². The number of ether oxygens (including phenoxy) is 1. The number of para-hydroxylation sites is 1. The molecule has 8 nitrogen and oxygen atoms in total. The summed E-state index contributed by atoms with van der Waals surface area (Å²) in [4.78, 5) is 15.1. The molecular formula is C37H49N5O3. The zero-order valence-electron chi connectivity index (χ0n) is 26.7. The van der Waals surface area contributed by atoms with E-state index in [1.54, 1.807) is 0 Å². The van der Waals surface area contributed by atoms with Crippen molar-refractivity contribution in [3.8, 4) is 16.9 Å². The minimum Gasteiger partial charge on any atom is -0.493 e. The van der Waals surface area contributed by atoms with Gasteiger partial charge in [-0.25, -0.2) is 4.79 Å². The zero-order chi connectivity index (χ0) is 31.2. The molecule has 1 aliphatic heterocycles. The van der Waals surface area contributed by atoms with Crippen LogP contribution in [0.25, 0.3) is 32.8 Å². The van der Waals surface area contributed by atoms with Crippen LogP contribution in [0.1, 0.15) is 61.6 Å². The highest BCUT2D eigenvalue weighted by atomic mass is 16.5. The van der Waals surface area contributed by atoms with Gasteiger partial charge in [0.1, 0.15) is 11.4 Å². The monoisotopic (exact) mass is 611 g/mol. The molecule has 45 heavy (non-hydrogen) atoms. The summed E-state index contributed by atoms with van der Waals surface area (Å²) in [5.41, 5.74) is 6.57. The van der Waals surface area contributed by atoms with E-state index >= 15 is 0 Å². The number of carbonyl (C=O) groups is 1. The Bertz CT molecular complexity index is 1750. The fourth-order valence-corrected chi connectivity index (χ4v) is 6.48. The molecule has 240 valence electrons. The molecule has 0 bridgehead atoms. The molecule has 5 aromatic rings. The maximum Gasteiger partial charge on any atom is 0.352 e. The highest BCUT2D eigenvalue weighted by Crippen LogP contribution is 2.39. The third-order valence-corrected chi connectivity index (χ3v) is 8.42. The predicted octanol–water partition coefficient (Wildman–Crippen LogP) is 7.30. The number of hydrogen-bond acceptors (Lipinski definition) is 5. The van der Waals surface area contributed by atoms with Gasteiger partial charge in [0.15, 0.2) is 0 Å². The van der Waals surface area contributed by atoms with E-state index in [0.717, 1.165) is 88.1 Å². The Morgan fingerprint density at radius 1 is 0.978 bits per heavy atom. The predicted molar refractivity (Wildman–Crippen MR) is 185 cm³/mol. The normalized spacial score (nSPS) is 13.1. The molecule has 0 radical (unpaired) electrons. The van der Waals surface area contributed by atoms with Gasteiger partial charge in [-0.2, -0.15) is 5.10 Å². The van der Waals surface area contributed by atoms with E-state index < -0.39 is 5.97 Å². The lowest BCUT2D eigenvalue weighted by molar-refractivity contribution is 0.0684. The van der Waals surface area contributed by atoms with E-state index in [9.17, 15) is 9.90 Å². The lowest BCUT2D eigenvalue weighted by Gasteiger charge is -2.21. The number of hydrogen-bond donors (Lipinski definition) is 2. The first-order chi connectivity index (χ1) is 21.3. The van der Waals surface area contributed by atoms with Gasteiger partial charge >= 0.3 is 5.97 Å². The van der Waals surface area contributed by atoms with Gasteiger partial charge in [-0.1, -0.05) is 75.9 Å². The second-order valence-electron chi connectivity index (χ2n) is 11.5. The van der Waals surface area contributed by atoms with Crippen molar-refractivity contribution in [2.75, 3.05) is 33.3 Å². The summed E-state index contributed by atoms with van der Waals surface area (Å²) in [5, 5.41) is 21.6. The van der Waals surface area contributed by atoms with Gasteiger partial charge < -0.3 is 24.6 Å². The van der Waals surface area contributed by atoms with Crippen LogP contribution in [0.3, 0.4) is 0 Å². The SMILES string of the molecule is C.CCNCC.Cc1nn(C)c2c1-c1cccc3c(CCCOc4cccc5ccccc45)c(C(=O)O)n(c13)CCCN(C)C2. The van der Waals surface area contributed by atoms with Crippen molar-refractivity contribution < 1.29 is 14.6 Å². The van der Waals surface area contributed by atoms with Crippen molar-refractivity contribution >= 4 is 27.6 Å². The number of benzene rings is 3. The second kappa shape index (κ2) is 15.2. The molecule has 3 aromatic carbocycles. The summed E-state index contributed by atoms with van der Waals surface area (Å²) in [5.74, 6) is -0.0194. The largest absolute Gasteiger partial charge is 0.493 e. The average Bonchev–Trinajstić information content (AvgIpc) is 3.48. The van der Waals surface area contributed by atoms with Crippen molar-refractivity contribution in [2.24, 2.45) is 7.05 Å². The Kier molecular flexibility index (Phi) is 11.4. The maximum atomic E-state index is 12.8. The van der Waals surface area contributed by atoms with E-state index in [2.05, 4.69) is 67.5 Å². The van der Waals surface area contributed by atoms with E-state index in [1.165, 1.54) is 0 Å². The fourth-order valence-electron chi connectivity index (χ4n) is 6.48. The van der Waals surface area contributed by atoms with Crippen LogP contribution in [0.5, 0.6) is 5.75 Å². The Labute approximate surface area is 267 Å². The fraction of sp³-hybridized carbons (Fsp3) is 0.405. The molecule has 0 saturated carbocycles. The minimum absolute atomic E-state index is 0. The third kappa shape index (κ3) is 7.08. The molecular weight excluding hydrogens is 562 g/mol. The van der Waals surface area contributed by atoms with Gasteiger partial charge in [0.25, 0.3) is 0 Å². The molecule has 1 aliphatic rings. The molecule has 0 amide bonds. The Morgan fingerprint density at radius 3 is 2.42 bits per heavy atom. The van der Waals surface area contributed by atoms with Crippen LogP contribution in [0.4, 0.5) is 0 Å². The van der Waals surface area contributed by atoms with Gasteiger partial charge in [-0.15, -0.1) is 0 Å². The number of rotatable bonds is 8. The Balaban J connectivity index is 0.000000714. The summed E-state index contributed by atoms with van der Waals surface area (Å²) in [6.07, 6.45) is 2.20. The molecule has 3 heterocycles. The van der Waals surface area contributed by atoms with E-state index in [-0.39, 0.29) is 7.43 Å². The summed E-state index contributed by atoms with van der Waals surface area (Å²) in [6.45, 7) is 11.3. The lowest BCUT2D eigenvalue weighted by Crippen LogP contribution is -2.23. The zero-order valence-corrected chi connectivity index (χ0v) is 26.7. The Morgan fingerprint density at radius 2 is 1.69 bits per heavy atom. The van der Waals surface area contributed by atoms with E-state index in [0.29, 0.717) is 31.7 Å². The number of nitrogens with zero attached hydrogens (tertiary/aromatic N) is 4. The lowest BCUT2D eigenvalue weighted by atomic mass is 9.98. The number of carboxylic acids is 1. The highest BCUT2D eigenvalue weighted by molar-refractivity contribution is 6.04. The molecule has 2 N–H and O–H groups in total. The van der Waals surface area contributed by atoms with Gasteiger partial charge in [0, 0.05) is 42.0 Å². The molecule has 0 saturated heterocycles. The standard InChI is InChI=1S/C32H34N4O3.C4H11N.CH4/c1-21-29-26-14-7-13-24-25(15-8-19-39-28-16-6-11-22-10-4-5-12-23(22)28)31(32(37)38)36(30(24)26)18-9-17-34(2)20-27(29)35(3)33-21;1-3-5-4-2;/h4-7,10-14,16H,8-9,15,17-20H2,1-3H3,(H,37,38);5H,3-4H2,1-2H3;1H4. The van der Waals surface area contributed by atoms with E-state index in [1.807, 2.05) is 47.5 Å².